The van der Waals surface area contributed by atoms with Gasteiger partial charge >= 0.3 is 0 Å². The van der Waals surface area contributed by atoms with Crippen molar-refractivity contribution in [3.05, 3.63) is 23.5 Å². The Balaban J connectivity index is 2.28. The summed E-state index contributed by atoms with van der Waals surface area (Å²) in [6.45, 7) is 4.42. The highest BCUT2D eigenvalue weighted by molar-refractivity contribution is 6.31. The van der Waals surface area contributed by atoms with Gasteiger partial charge in [0, 0.05) is 12.2 Å². The Morgan fingerprint density at radius 3 is 2.88 bits per heavy atom. The Morgan fingerprint density at radius 2 is 2.19 bits per heavy atom. The summed E-state index contributed by atoms with van der Waals surface area (Å²) in [5, 5.41) is 3.95. The first-order chi connectivity index (χ1) is 7.74. The molecule has 1 aromatic rings. The minimum Gasteiger partial charge on any atom is -0.380 e. The zero-order chi connectivity index (χ0) is 11.8. The van der Waals surface area contributed by atoms with E-state index < -0.39 is 0 Å². The van der Waals surface area contributed by atoms with E-state index in [9.17, 15) is 0 Å². The largest absolute Gasteiger partial charge is 0.380 e. The van der Waals surface area contributed by atoms with Crippen LogP contribution in [-0.2, 0) is 0 Å². The maximum Gasteiger partial charge on any atom is 0.152 e. The van der Waals surface area contributed by atoms with Gasteiger partial charge in [0.1, 0.15) is 0 Å². The Bertz CT molecular complexity index is 302. The van der Waals surface area contributed by atoms with Gasteiger partial charge in [-0.3, -0.25) is 0 Å². The molecule has 0 amide bonds. The van der Waals surface area contributed by atoms with E-state index >= 15 is 0 Å². The number of rotatable bonds is 7. The molecule has 0 aliphatic carbocycles. The van der Waals surface area contributed by atoms with Crippen LogP contribution in [0.15, 0.2) is 18.3 Å². The Kier molecular flexibility index (Phi) is 6.24. The van der Waals surface area contributed by atoms with Crippen molar-refractivity contribution in [2.24, 2.45) is 0 Å². The molecule has 3 heteroatoms. The molecule has 0 radical (unpaired) electrons. The van der Waals surface area contributed by atoms with Crippen molar-refractivity contribution in [2.45, 2.75) is 52.0 Å². The van der Waals surface area contributed by atoms with Crippen molar-refractivity contribution >= 4 is 17.3 Å². The predicted molar refractivity (Wildman–Crippen MR) is 71.1 cm³/mol. The minimum atomic E-state index is 0.457. The van der Waals surface area contributed by atoms with Crippen molar-refractivity contribution < 1.29 is 0 Å². The molecule has 1 unspecified atom stereocenters. The molecule has 1 N–H and O–H groups in total. The second-order valence-corrected chi connectivity index (χ2v) is 4.59. The van der Waals surface area contributed by atoms with Gasteiger partial charge in [-0.15, -0.1) is 0 Å². The van der Waals surface area contributed by atoms with Crippen LogP contribution in [0.5, 0.6) is 0 Å². The third-order valence-corrected chi connectivity index (χ3v) is 2.95. The zero-order valence-corrected chi connectivity index (χ0v) is 10.9. The molecule has 0 bridgehead atoms. The van der Waals surface area contributed by atoms with Crippen molar-refractivity contribution in [3.8, 4) is 0 Å². The molecule has 1 aromatic heterocycles. The first-order valence-corrected chi connectivity index (χ1v) is 6.49. The van der Waals surface area contributed by atoms with Gasteiger partial charge in [0.2, 0.25) is 0 Å². The van der Waals surface area contributed by atoms with Crippen LogP contribution < -0.4 is 5.32 Å². The molecule has 0 aliphatic rings. The number of aromatic nitrogens is 1. The maximum atomic E-state index is 5.98. The van der Waals surface area contributed by atoms with Crippen molar-refractivity contribution in [1.29, 1.82) is 0 Å². The van der Waals surface area contributed by atoms with Crippen molar-refractivity contribution in [3.63, 3.8) is 0 Å². The lowest BCUT2D eigenvalue weighted by Crippen LogP contribution is -2.15. The van der Waals surface area contributed by atoms with Crippen LogP contribution in [0.4, 0.5) is 5.69 Å². The number of anilines is 1. The highest BCUT2D eigenvalue weighted by Crippen LogP contribution is 2.19. The predicted octanol–water partition coefficient (Wildman–Crippen LogP) is 4.51. The molecular formula is C13H21ClN2. The molecular weight excluding hydrogens is 220 g/mol. The number of halogens is 1. The number of hydrogen-bond acceptors (Lipinski definition) is 2. The number of pyridine rings is 1. The van der Waals surface area contributed by atoms with E-state index in [-0.39, 0.29) is 0 Å². The molecule has 0 saturated carbocycles. The maximum absolute atomic E-state index is 5.98. The fourth-order valence-corrected chi connectivity index (χ4v) is 1.88. The highest BCUT2D eigenvalue weighted by Gasteiger charge is 2.04. The number of hydrogen-bond donors (Lipinski definition) is 1. The monoisotopic (exact) mass is 240 g/mol. The van der Waals surface area contributed by atoms with Crippen LogP contribution in [0.25, 0.3) is 0 Å². The van der Waals surface area contributed by atoms with Crippen LogP contribution in [0.3, 0.4) is 0 Å². The lowest BCUT2D eigenvalue weighted by Gasteiger charge is -2.15. The Labute approximate surface area is 103 Å². The summed E-state index contributed by atoms with van der Waals surface area (Å²) < 4.78 is 0. The highest BCUT2D eigenvalue weighted by atomic mass is 35.5. The molecule has 1 heterocycles. The summed E-state index contributed by atoms with van der Waals surface area (Å²) in [6, 6.07) is 4.33. The van der Waals surface area contributed by atoms with E-state index in [1.165, 1.54) is 32.1 Å². The number of nitrogens with zero attached hydrogens (tertiary/aromatic N) is 1. The van der Waals surface area contributed by atoms with E-state index in [4.69, 9.17) is 11.6 Å². The molecule has 2 nitrogen and oxygen atoms in total. The average molecular weight is 241 g/mol. The molecule has 0 fully saturated rings. The van der Waals surface area contributed by atoms with Crippen LogP contribution in [0.1, 0.15) is 46.0 Å². The summed E-state index contributed by atoms with van der Waals surface area (Å²) >= 11 is 5.98. The van der Waals surface area contributed by atoms with Gasteiger partial charge < -0.3 is 5.32 Å². The SMILES string of the molecule is CCCCCCC(C)Nc1cccnc1Cl. The lowest BCUT2D eigenvalue weighted by atomic mass is 10.1. The summed E-state index contributed by atoms with van der Waals surface area (Å²) in [4.78, 5) is 4.04. The fraction of sp³-hybridized carbons (Fsp3) is 0.615. The smallest absolute Gasteiger partial charge is 0.152 e. The molecule has 90 valence electrons. The molecule has 1 atom stereocenters. The van der Waals surface area contributed by atoms with E-state index in [0.29, 0.717) is 11.2 Å². The van der Waals surface area contributed by atoms with Crippen molar-refractivity contribution in [1.82, 2.24) is 4.98 Å². The van der Waals surface area contributed by atoms with Gasteiger partial charge in [0.15, 0.2) is 5.15 Å². The molecule has 0 spiro atoms. The molecule has 0 aromatic carbocycles. The molecule has 0 saturated heterocycles. The second-order valence-electron chi connectivity index (χ2n) is 4.24. The first kappa shape index (κ1) is 13.3. The number of nitrogens with one attached hydrogen (secondary N) is 1. The minimum absolute atomic E-state index is 0.457. The quantitative estimate of drug-likeness (QED) is 0.561. The van der Waals surface area contributed by atoms with Gasteiger partial charge in [-0.25, -0.2) is 4.98 Å². The number of unbranched alkanes of at least 4 members (excludes halogenated alkanes) is 3. The normalized spacial score (nSPS) is 12.4. The van der Waals surface area contributed by atoms with Crippen LogP contribution >= 0.6 is 11.6 Å². The van der Waals surface area contributed by atoms with Gasteiger partial charge in [0.25, 0.3) is 0 Å². The van der Waals surface area contributed by atoms with E-state index in [1.54, 1.807) is 6.20 Å². The van der Waals surface area contributed by atoms with Gasteiger partial charge in [-0.1, -0.05) is 44.2 Å². The lowest BCUT2D eigenvalue weighted by molar-refractivity contribution is 0.594. The van der Waals surface area contributed by atoms with Gasteiger partial charge in [0.05, 0.1) is 5.69 Å². The first-order valence-electron chi connectivity index (χ1n) is 6.11. The summed E-state index contributed by atoms with van der Waals surface area (Å²) in [6.07, 6.45) is 8.12. The molecule has 16 heavy (non-hydrogen) atoms. The molecule has 0 aliphatic heterocycles. The van der Waals surface area contributed by atoms with Crippen molar-refractivity contribution in [2.75, 3.05) is 5.32 Å². The topological polar surface area (TPSA) is 24.9 Å². The Hall–Kier alpha value is -0.760. The van der Waals surface area contributed by atoms with Gasteiger partial charge in [-0.05, 0) is 25.5 Å². The fourth-order valence-electron chi connectivity index (χ4n) is 1.71. The Morgan fingerprint density at radius 1 is 1.38 bits per heavy atom. The summed E-state index contributed by atoms with van der Waals surface area (Å²) in [5.41, 5.74) is 0.937. The van der Waals surface area contributed by atoms with E-state index in [1.807, 2.05) is 12.1 Å². The summed E-state index contributed by atoms with van der Waals surface area (Å²) in [7, 11) is 0. The van der Waals surface area contributed by atoms with E-state index in [0.717, 1.165) is 5.69 Å². The second kappa shape index (κ2) is 7.50. The van der Waals surface area contributed by atoms with Crippen LogP contribution in [-0.4, -0.2) is 11.0 Å². The third-order valence-electron chi connectivity index (χ3n) is 2.65. The molecule has 1 rings (SSSR count). The average Bonchev–Trinajstić information content (AvgIpc) is 2.28. The third kappa shape index (κ3) is 4.84. The zero-order valence-electron chi connectivity index (χ0n) is 10.2. The summed E-state index contributed by atoms with van der Waals surface area (Å²) in [5.74, 6) is 0. The van der Waals surface area contributed by atoms with Crippen LogP contribution in [0, 0.1) is 0 Å². The standard InChI is InChI=1S/C13H21ClN2/c1-3-4-5-6-8-11(2)16-12-9-7-10-15-13(12)14/h7,9-11,16H,3-6,8H2,1-2H3. The van der Waals surface area contributed by atoms with E-state index in [2.05, 4.69) is 24.1 Å². The van der Waals surface area contributed by atoms with Gasteiger partial charge in [-0.2, -0.15) is 0 Å². The van der Waals surface area contributed by atoms with Crippen LogP contribution in [0.2, 0.25) is 5.15 Å².